The molecule has 1 N–H and O–H groups in total. The number of nitrogens with one attached hydrogen (secondary N) is 1. The summed E-state index contributed by atoms with van der Waals surface area (Å²) in [7, 11) is 6.89. The van der Waals surface area contributed by atoms with Crippen molar-refractivity contribution in [2.24, 2.45) is 10.9 Å². The molecule has 7 heteroatoms. The van der Waals surface area contributed by atoms with Crippen LogP contribution in [-0.4, -0.2) is 78.7 Å². The van der Waals surface area contributed by atoms with Crippen LogP contribution in [0, 0.1) is 5.92 Å². The maximum absolute atomic E-state index is 5.67. The predicted octanol–water partition coefficient (Wildman–Crippen LogP) is 1.81. The van der Waals surface area contributed by atoms with Crippen LogP contribution < -0.4 is 14.8 Å². The maximum Gasteiger partial charge on any atom is 0.193 e. The van der Waals surface area contributed by atoms with Crippen LogP contribution in [0.15, 0.2) is 23.2 Å². The van der Waals surface area contributed by atoms with E-state index in [1.165, 1.54) is 0 Å². The summed E-state index contributed by atoms with van der Waals surface area (Å²) in [6.07, 6.45) is 1.95. The lowest BCUT2D eigenvalue weighted by atomic mass is 10.1. The molecule has 0 bridgehead atoms. The highest BCUT2D eigenvalue weighted by Crippen LogP contribution is 2.24. The van der Waals surface area contributed by atoms with Gasteiger partial charge in [0.15, 0.2) is 5.96 Å². The molecule has 2 rings (SSSR count). The van der Waals surface area contributed by atoms with Gasteiger partial charge in [-0.15, -0.1) is 0 Å². The fraction of sp³-hybridized carbons (Fsp3) is 0.650. The van der Waals surface area contributed by atoms with Gasteiger partial charge in [-0.2, -0.15) is 0 Å². The number of rotatable bonds is 10. The van der Waals surface area contributed by atoms with E-state index in [0.29, 0.717) is 19.1 Å². The molecular weight excluding hydrogens is 346 g/mol. The molecular formula is C20H33N3O4. The van der Waals surface area contributed by atoms with Crippen molar-refractivity contribution < 1.29 is 18.9 Å². The highest BCUT2D eigenvalue weighted by molar-refractivity contribution is 5.80. The summed E-state index contributed by atoms with van der Waals surface area (Å²) in [6.45, 7) is 4.82. The molecule has 1 atom stereocenters. The number of methoxy groups -OCH3 is 3. The van der Waals surface area contributed by atoms with E-state index in [4.69, 9.17) is 18.9 Å². The average Bonchev–Trinajstić information content (AvgIpc) is 3.17. The quantitative estimate of drug-likeness (QED) is 0.380. The van der Waals surface area contributed by atoms with Gasteiger partial charge in [0.25, 0.3) is 0 Å². The molecule has 0 amide bonds. The minimum absolute atomic E-state index is 0.541. The molecule has 1 aromatic rings. The Morgan fingerprint density at radius 2 is 2.07 bits per heavy atom. The van der Waals surface area contributed by atoms with Gasteiger partial charge in [0, 0.05) is 39.7 Å². The Bertz CT molecular complexity index is 595. The standard InChI is InChI=1S/C20H33N3O4/c1-21-20(23-10-8-16(14-23)15-27-12-11-24-2)22-9-7-17-13-18(25-3)5-6-19(17)26-4/h5-6,13,16H,7-12,14-15H2,1-4H3,(H,21,22). The summed E-state index contributed by atoms with van der Waals surface area (Å²) in [5.74, 6) is 3.20. The predicted molar refractivity (Wildman–Crippen MR) is 107 cm³/mol. The van der Waals surface area contributed by atoms with Crippen LogP contribution in [0.2, 0.25) is 0 Å². The molecule has 0 spiro atoms. The molecule has 27 heavy (non-hydrogen) atoms. The molecule has 1 aromatic carbocycles. The molecule has 0 aromatic heterocycles. The largest absolute Gasteiger partial charge is 0.497 e. The zero-order chi connectivity index (χ0) is 19.5. The van der Waals surface area contributed by atoms with Gasteiger partial charge in [-0.3, -0.25) is 4.99 Å². The summed E-state index contributed by atoms with van der Waals surface area (Å²) >= 11 is 0. The smallest absolute Gasteiger partial charge is 0.193 e. The zero-order valence-electron chi connectivity index (χ0n) is 17.0. The van der Waals surface area contributed by atoms with Crippen molar-refractivity contribution >= 4 is 5.96 Å². The van der Waals surface area contributed by atoms with Gasteiger partial charge in [-0.05, 0) is 36.6 Å². The molecule has 0 radical (unpaired) electrons. The van der Waals surface area contributed by atoms with E-state index < -0.39 is 0 Å². The Labute approximate surface area is 162 Å². The molecule has 7 nitrogen and oxygen atoms in total. The molecule has 152 valence electrons. The molecule has 0 saturated carbocycles. The van der Waals surface area contributed by atoms with Gasteiger partial charge in [0.1, 0.15) is 11.5 Å². The van der Waals surface area contributed by atoms with Gasteiger partial charge < -0.3 is 29.2 Å². The van der Waals surface area contributed by atoms with Crippen molar-refractivity contribution in [3.8, 4) is 11.5 Å². The summed E-state index contributed by atoms with van der Waals surface area (Å²) in [5, 5.41) is 3.46. The third-order valence-corrected chi connectivity index (χ3v) is 4.75. The maximum atomic E-state index is 5.67. The second-order valence-electron chi connectivity index (χ2n) is 6.57. The Balaban J connectivity index is 1.79. The van der Waals surface area contributed by atoms with Gasteiger partial charge >= 0.3 is 0 Å². The van der Waals surface area contributed by atoms with Gasteiger partial charge in [0.05, 0.1) is 34.0 Å². The van der Waals surface area contributed by atoms with Crippen LogP contribution in [0.5, 0.6) is 11.5 Å². The third kappa shape index (κ3) is 6.59. The number of guanidine groups is 1. The molecule has 1 heterocycles. The summed E-state index contributed by atoms with van der Waals surface area (Å²) in [6, 6.07) is 5.87. The number of ether oxygens (including phenoxy) is 4. The van der Waals surface area contributed by atoms with Crippen LogP contribution in [0.3, 0.4) is 0 Å². The molecule has 1 unspecified atom stereocenters. The average molecular weight is 380 g/mol. The molecule has 0 aliphatic carbocycles. The Kier molecular flexibility index (Phi) is 9.21. The first-order valence-corrected chi connectivity index (χ1v) is 9.45. The lowest BCUT2D eigenvalue weighted by Crippen LogP contribution is -2.41. The molecule has 1 aliphatic heterocycles. The third-order valence-electron chi connectivity index (χ3n) is 4.75. The monoisotopic (exact) mass is 379 g/mol. The topological polar surface area (TPSA) is 64.6 Å². The summed E-state index contributed by atoms with van der Waals surface area (Å²) in [5.41, 5.74) is 1.12. The van der Waals surface area contributed by atoms with Gasteiger partial charge in [-0.25, -0.2) is 0 Å². The van der Waals surface area contributed by atoms with E-state index in [0.717, 1.165) is 62.1 Å². The van der Waals surface area contributed by atoms with Crippen molar-refractivity contribution in [3.63, 3.8) is 0 Å². The number of likely N-dealkylation sites (tertiary alicyclic amines) is 1. The van der Waals surface area contributed by atoms with Crippen LogP contribution in [0.1, 0.15) is 12.0 Å². The Morgan fingerprint density at radius 1 is 1.22 bits per heavy atom. The van der Waals surface area contributed by atoms with Crippen LogP contribution in [-0.2, 0) is 15.9 Å². The van der Waals surface area contributed by atoms with E-state index in [1.807, 2.05) is 25.2 Å². The lowest BCUT2D eigenvalue weighted by Gasteiger charge is -2.22. The minimum Gasteiger partial charge on any atom is -0.497 e. The number of benzene rings is 1. The Morgan fingerprint density at radius 3 is 2.78 bits per heavy atom. The highest BCUT2D eigenvalue weighted by Gasteiger charge is 2.24. The van der Waals surface area contributed by atoms with Crippen molar-refractivity contribution in [3.05, 3.63) is 23.8 Å². The van der Waals surface area contributed by atoms with Crippen molar-refractivity contribution in [1.29, 1.82) is 0 Å². The van der Waals surface area contributed by atoms with Crippen molar-refractivity contribution in [1.82, 2.24) is 10.2 Å². The van der Waals surface area contributed by atoms with Crippen LogP contribution in [0.4, 0.5) is 0 Å². The van der Waals surface area contributed by atoms with E-state index in [1.54, 1.807) is 21.3 Å². The number of nitrogens with zero attached hydrogens (tertiary/aromatic N) is 2. The number of hydrogen-bond donors (Lipinski definition) is 1. The number of hydrogen-bond acceptors (Lipinski definition) is 5. The minimum atomic E-state index is 0.541. The zero-order valence-corrected chi connectivity index (χ0v) is 17.0. The molecule has 1 aliphatic rings. The summed E-state index contributed by atoms with van der Waals surface area (Å²) < 4.78 is 21.4. The fourth-order valence-electron chi connectivity index (χ4n) is 3.27. The first-order valence-electron chi connectivity index (χ1n) is 9.45. The first kappa shape index (κ1) is 21.3. The van der Waals surface area contributed by atoms with E-state index in [-0.39, 0.29) is 0 Å². The van der Waals surface area contributed by atoms with E-state index >= 15 is 0 Å². The SMILES string of the molecule is CN=C(NCCc1cc(OC)ccc1OC)N1CCC(COCCOC)C1. The first-order chi connectivity index (χ1) is 13.2. The summed E-state index contributed by atoms with van der Waals surface area (Å²) in [4.78, 5) is 6.74. The van der Waals surface area contributed by atoms with E-state index in [2.05, 4.69) is 15.2 Å². The molecule has 1 fully saturated rings. The Hall–Kier alpha value is -1.99. The van der Waals surface area contributed by atoms with E-state index in [9.17, 15) is 0 Å². The van der Waals surface area contributed by atoms with Crippen molar-refractivity contribution in [2.45, 2.75) is 12.8 Å². The van der Waals surface area contributed by atoms with Crippen molar-refractivity contribution in [2.75, 3.05) is 67.8 Å². The number of aliphatic imine (C=N–C) groups is 1. The van der Waals surface area contributed by atoms with Gasteiger partial charge in [0.2, 0.25) is 0 Å². The van der Waals surface area contributed by atoms with Crippen LogP contribution >= 0.6 is 0 Å². The van der Waals surface area contributed by atoms with Crippen LogP contribution in [0.25, 0.3) is 0 Å². The highest BCUT2D eigenvalue weighted by atomic mass is 16.5. The normalized spacial score (nSPS) is 17.3. The second-order valence-corrected chi connectivity index (χ2v) is 6.57. The fourth-order valence-corrected chi connectivity index (χ4v) is 3.27. The van der Waals surface area contributed by atoms with Gasteiger partial charge in [-0.1, -0.05) is 0 Å². The second kappa shape index (κ2) is 11.7. The molecule has 1 saturated heterocycles. The lowest BCUT2D eigenvalue weighted by molar-refractivity contribution is 0.0536.